The molecule has 10 aromatic rings. The zero-order chi connectivity index (χ0) is 89.0. The van der Waals surface area contributed by atoms with Crippen LogP contribution in [0.15, 0.2) is 84.8 Å². The molecule has 17 rings (SSSR count). The van der Waals surface area contributed by atoms with Crippen LogP contribution in [-0.2, 0) is 103 Å². The van der Waals surface area contributed by atoms with Gasteiger partial charge in [-0.3, -0.25) is 45.9 Å². The minimum Gasteiger partial charge on any atom is -0.870 e. The molecule has 5 saturated heterocycles. The van der Waals surface area contributed by atoms with Crippen molar-refractivity contribution in [2.75, 3.05) is 50.0 Å². The van der Waals surface area contributed by atoms with Gasteiger partial charge >= 0.3 is 56.1 Å². The number of aromatic nitrogens is 17. The van der Waals surface area contributed by atoms with Crippen molar-refractivity contribution in [2.45, 2.75) is 148 Å². The van der Waals surface area contributed by atoms with Crippen molar-refractivity contribution < 1.29 is 193 Å². The van der Waals surface area contributed by atoms with E-state index >= 15 is 0 Å². The Morgan fingerprint density at radius 3 is 1.49 bits per heavy atom. The van der Waals surface area contributed by atoms with Gasteiger partial charge in [0.05, 0.1) is 47.6 Å². The number of aryl methyl sites for hydroxylation is 3. The normalized spacial score (nSPS) is 28.7. The number of nitrogens with two attached hydrogens (primary N) is 2. The number of fused-ring (bicyclic) bond motifs is 9. The predicted molar refractivity (Wildman–Crippen MR) is 401 cm³/mol. The fourth-order valence-corrected chi connectivity index (χ4v) is 16.4. The van der Waals surface area contributed by atoms with Crippen LogP contribution in [0.2, 0.25) is 0 Å². The van der Waals surface area contributed by atoms with E-state index in [0.717, 1.165) is 11.2 Å². The molecule has 7 aliphatic rings. The van der Waals surface area contributed by atoms with Crippen molar-refractivity contribution in [3.8, 4) is 5.75 Å². The number of nitrogens with zero attached hydrogens (tertiary/aromatic N) is 19. The van der Waals surface area contributed by atoms with E-state index in [1.807, 2.05) is 6.92 Å². The Hall–Kier alpha value is -8.00. The number of imidazole rings is 5. The molecule has 0 saturated carbocycles. The van der Waals surface area contributed by atoms with Crippen LogP contribution in [-0.4, -0.2) is 294 Å². The second kappa shape index (κ2) is 36.0. The molecule has 0 amide bonds. The standard InChI is InChI=1S/C14H18N5O7P.C12H16N3O8P.C12H16N3O7PS.C11H16N5O7P.C10H12N5O7P.CH4/c1-7-16-17(2)8-3-4-15-13-10(8)18(7)6-19(13)14-12(21)11(20)9(26-14)5-25-27(22,23)24;1-14-5-15(11-8(14)6(16)2-3-13-11)12-10(18)9(17)7(23-12)4-22-24(19,20)21;1-14-5-15(11-8(14)7(24)2-3-13-11)12-10(17)9(16)6(22-12)4-21-23(18,19)20;1-15-3-14-10-6(9(15)12)13-4-16(10)11-8(18)7(17)5(23-11)2-22-24(19,20)21;11-7-2-8(13-1-12-7)15-9(14-2)6(22-23(18,19)20)5-3(16)4(17)10(15)21-5;/h3-4,6,9,11-12,14,20-21H,5H2,1-2H3,(H-,22,23,24);2-3,5,7,9-10,12,17-18H,4H2,1H3,(H2-,13,16,19,20,21);2-3,5-6,9-10,12,16-17H,4H2,1H3,(H2-,13,18,19,20,24);3-5,7-8,11-12,17-18H,2H2,1H3,(H2,19,20,21);1,3-6,10,16-17H,(H2,11,12,13)(H2,18,19,20);1H4/p+2/t9-,11-,12-,14-;7-,9-,10-,12-;6-,9-,10-,12-;5-,7-,8-,11-;3-,4+,5-,6?,10+;/m11110./s1. The van der Waals surface area contributed by atoms with Crippen molar-refractivity contribution in [3.05, 3.63) is 80.6 Å². The Morgan fingerprint density at radius 1 is 0.520 bits per heavy atom. The van der Waals surface area contributed by atoms with Gasteiger partial charge in [-0.1, -0.05) is 18.2 Å². The number of hydrogen-bond acceptors (Lipinski definition) is 39. The van der Waals surface area contributed by atoms with Gasteiger partial charge in [-0.15, -0.1) is 24.9 Å². The smallest absolute Gasteiger partial charge is 0.470 e. The molecule has 0 radical (unpaired) electrons. The number of phosphoric acid groups is 5. The maximum Gasteiger partial charge on any atom is 0.470 e. The number of nitrogen functional groups attached to an aromatic ring is 2. The van der Waals surface area contributed by atoms with E-state index in [-0.39, 0.29) is 47.1 Å². The summed E-state index contributed by atoms with van der Waals surface area (Å²) in [5.41, 5.74) is 16.4. The minimum atomic E-state index is -4.92. The van der Waals surface area contributed by atoms with Crippen LogP contribution in [0.5, 0.6) is 5.75 Å². The fourth-order valence-electron chi connectivity index (χ4n) is 14.2. The number of pyridine rings is 3. The lowest BCUT2D eigenvalue weighted by molar-refractivity contribution is -0.746. The molecular formula is C60H84N21O36P5S+2. The maximum atomic E-state index is 11.9. The van der Waals surface area contributed by atoms with Gasteiger partial charge in [0, 0.05) is 20.0 Å². The first-order valence-electron chi connectivity index (χ1n) is 35.3. The lowest BCUT2D eigenvalue weighted by Crippen LogP contribution is -2.46. The molecule has 2 bridgehead atoms. The van der Waals surface area contributed by atoms with Gasteiger partial charge in [0.25, 0.3) is 5.82 Å². The first-order valence-corrected chi connectivity index (χ1v) is 43.4. The summed E-state index contributed by atoms with van der Waals surface area (Å²) in [4.78, 5) is 122. The Balaban J connectivity index is 0.000000140. The third-order valence-electron chi connectivity index (χ3n) is 19.8. The van der Waals surface area contributed by atoms with Crippen molar-refractivity contribution in [3.63, 3.8) is 0 Å². The average molecular weight is 1860 g/mol. The van der Waals surface area contributed by atoms with E-state index in [1.54, 1.807) is 82.5 Å². The van der Waals surface area contributed by atoms with E-state index in [2.05, 4.69) is 63.1 Å². The zero-order valence-corrected chi connectivity index (χ0v) is 68.4. The van der Waals surface area contributed by atoms with E-state index in [0.29, 0.717) is 44.5 Å². The fraction of sp³-hybridized carbons (Fsp3) is 0.517. The average Bonchev–Trinajstić information content (AvgIpc) is 1.57. The van der Waals surface area contributed by atoms with Crippen LogP contribution in [0.3, 0.4) is 0 Å². The van der Waals surface area contributed by atoms with Gasteiger partial charge in [-0.25, -0.2) is 65.6 Å². The highest BCUT2D eigenvalue weighted by Crippen LogP contribution is 2.52. The molecule has 0 aliphatic carbocycles. The van der Waals surface area contributed by atoms with E-state index < -0.39 is 194 Å². The first kappa shape index (κ1) is 94.1. The number of hydrazone groups is 1. The largest absolute Gasteiger partial charge is 0.870 e. The van der Waals surface area contributed by atoms with E-state index in [4.69, 9.17) is 101 Å². The lowest BCUT2D eigenvalue weighted by atomic mass is 10.1. The molecule has 10 aromatic heterocycles. The van der Waals surface area contributed by atoms with Gasteiger partial charge in [-0.2, -0.15) is 0 Å². The summed E-state index contributed by atoms with van der Waals surface area (Å²) in [6, 6.07) is 4.76. The number of phosphoric ester groups is 5. The molecule has 0 aromatic carbocycles. The van der Waals surface area contributed by atoms with Crippen molar-refractivity contribution in [1.29, 1.82) is 0 Å². The van der Waals surface area contributed by atoms with Crippen LogP contribution in [0.25, 0.3) is 55.8 Å². The number of aliphatic hydroxyl groups is 10. The molecule has 7 aliphatic heterocycles. The monoisotopic (exact) mass is 1860 g/mol. The van der Waals surface area contributed by atoms with Crippen LogP contribution < -0.4 is 39.9 Å². The predicted octanol–water partition coefficient (Wildman–Crippen LogP) is -8.76. The van der Waals surface area contributed by atoms with Crippen molar-refractivity contribution >= 4 is 131 Å². The Morgan fingerprint density at radius 2 is 0.976 bits per heavy atom. The van der Waals surface area contributed by atoms with Crippen LogP contribution >= 0.6 is 39.1 Å². The summed E-state index contributed by atoms with van der Waals surface area (Å²) in [6.45, 7) is -0.515. The lowest BCUT2D eigenvalue weighted by Gasteiger charge is -2.30. The van der Waals surface area contributed by atoms with Gasteiger partial charge in [0.1, 0.15) is 134 Å². The third-order valence-corrected chi connectivity index (χ3v) is 22.6. The van der Waals surface area contributed by atoms with Gasteiger partial charge in [0.2, 0.25) is 36.2 Å². The topological polar surface area (TPSA) is 816 Å². The molecular weight excluding hydrogens is 1780 g/mol. The second-order valence-electron chi connectivity index (χ2n) is 28.0. The van der Waals surface area contributed by atoms with Gasteiger partial charge in [-0.05, 0) is 12.1 Å². The molecule has 57 nitrogen and oxygen atoms in total. The molecule has 0 spiro atoms. The van der Waals surface area contributed by atoms with Crippen LogP contribution in [0, 0.1) is 0 Å². The molecule has 24 N–H and O–H groups in total. The molecule has 5 fully saturated rings. The number of anilines is 3. The number of hydrogen-bond donors (Lipinski definition) is 22. The molecule has 63 heteroatoms. The molecule has 123 heavy (non-hydrogen) atoms. The molecule has 1 unspecified atom stereocenters. The minimum absolute atomic E-state index is 0. The Kier molecular flexibility index (Phi) is 27.6. The molecule has 21 atom stereocenters. The van der Waals surface area contributed by atoms with Crippen molar-refractivity contribution in [2.24, 2.45) is 26.2 Å². The number of aliphatic hydroxyl groups excluding tert-OH is 10. The van der Waals surface area contributed by atoms with Crippen molar-refractivity contribution in [1.82, 2.24) is 62.7 Å². The molecule has 17 heterocycles. The van der Waals surface area contributed by atoms with Gasteiger partial charge < -0.3 is 153 Å². The zero-order valence-electron chi connectivity index (χ0n) is 63.2. The highest BCUT2D eigenvalue weighted by atomic mass is 32.1. The summed E-state index contributed by atoms with van der Waals surface area (Å²) in [6.07, 6.45) is -13.0. The van der Waals surface area contributed by atoms with E-state index in [9.17, 15) is 79.0 Å². The quantitative estimate of drug-likeness (QED) is 0.0215. The van der Waals surface area contributed by atoms with Crippen LogP contribution in [0.1, 0.15) is 57.4 Å². The SMILES string of the molecule is C.CC1=NN(C)c2ccnc3c2n1c[n+]3[C@@H]1O[C@H](COP(=O)(O)O)[C@@H](O)[C@H]1O.C[n+]1cnc2c(ncn2[C@@H]2O[C@H](COP(=O)(O)O)[C@@H](O)[C@H]2O)c1N.Cn1c[n+]([C@@H]2O[C@H](COP(=O)(O)O)[C@@H](O)[C@H]2O)c2nccc([O-])c21.Cn1c[n+]([C@@H]2O[C@H](COP(=O)(O)O)[C@@H](O)[C@H]2O)c2nccc([S-])c21.Nc1ncnc2c1nc1n2[C@@H]2O[C@H](C1OP(=O)(O)O)[C@@H](O)[C@H]2O. The van der Waals surface area contributed by atoms with Crippen LogP contribution in [0.4, 0.5) is 17.3 Å². The highest BCUT2D eigenvalue weighted by molar-refractivity contribution is 7.59. The molecule has 674 valence electrons. The summed E-state index contributed by atoms with van der Waals surface area (Å²) >= 11 is 5.25. The summed E-state index contributed by atoms with van der Waals surface area (Å²) in [7, 11) is -16.9. The highest BCUT2D eigenvalue weighted by Gasteiger charge is 2.57. The third kappa shape index (κ3) is 19.5. The maximum absolute atomic E-state index is 11.9. The number of rotatable bonds is 18. The van der Waals surface area contributed by atoms with Gasteiger partial charge in [0.15, 0.2) is 76.9 Å². The summed E-state index contributed by atoms with van der Waals surface area (Å²) in [5.74, 6) is 0.852. The Bertz CT molecular complexity index is 5710. The Labute approximate surface area is 693 Å². The second-order valence-corrected chi connectivity index (χ2v) is 34.5. The summed E-state index contributed by atoms with van der Waals surface area (Å²) in [5, 5.41) is 120. The number of ether oxygens (including phenoxy) is 5. The first-order chi connectivity index (χ1) is 57.0. The summed E-state index contributed by atoms with van der Waals surface area (Å²) < 4.78 is 118. The van der Waals surface area contributed by atoms with E-state index in [1.165, 1.54) is 66.6 Å².